The molecule has 136 valence electrons. The summed E-state index contributed by atoms with van der Waals surface area (Å²) in [4.78, 5) is 23.4. The lowest BCUT2D eigenvalue weighted by atomic mass is 9.99. The highest BCUT2D eigenvalue weighted by Crippen LogP contribution is 2.11. The summed E-state index contributed by atoms with van der Waals surface area (Å²) in [6.45, 7) is 6.53. The summed E-state index contributed by atoms with van der Waals surface area (Å²) < 4.78 is 9.87. The van der Waals surface area contributed by atoms with Crippen LogP contribution in [-0.2, 0) is 14.3 Å². The average Bonchev–Trinajstić information content (AvgIpc) is 2.56. The predicted octanol–water partition coefficient (Wildman–Crippen LogP) is 4.44. The maximum Gasteiger partial charge on any atom is 0.407 e. The van der Waals surface area contributed by atoms with Gasteiger partial charge in [0.1, 0.15) is 6.04 Å². The molecule has 0 fully saturated rings. The molecule has 0 aliphatic rings. The maximum absolute atomic E-state index is 12.1. The van der Waals surface area contributed by atoms with E-state index in [2.05, 4.69) is 17.0 Å². The minimum absolute atomic E-state index is 0.0140. The van der Waals surface area contributed by atoms with Gasteiger partial charge in [-0.15, -0.1) is 0 Å². The number of amides is 1. The molecular formula is C18H35NO4. The Hall–Kier alpha value is -1.26. The van der Waals surface area contributed by atoms with Crippen LogP contribution in [0.4, 0.5) is 4.79 Å². The quantitative estimate of drug-likeness (QED) is 0.401. The highest BCUT2D eigenvalue weighted by Gasteiger charge is 2.27. The van der Waals surface area contributed by atoms with Gasteiger partial charge in [0.05, 0.1) is 13.7 Å². The average molecular weight is 329 g/mol. The van der Waals surface area contributed by atoms with Crippen LogP contribution in [-0.4, -0.2) is 31.8 Å². The smallest absolute Gasteiger partial charge is 0.407 e. The molecule has 1 unspecified atom stereocenters. The minimum Gasteiger partial charge on any atom is -0.464 e. The van der Waals surface area contributed by atoms with Crippen molar-refractivity contribution in [2.24, 2.45) is 5.92 Å². The lowest BCUT2D eigenvalue weighted by Gasteiger charge is -2.21. The van der Waals surface area contributed by atoms with E-state index in [1.165, 1.54) is 45.6 Å². The summed E-state index contributed by atoms with van der Waals surface area (Å²) in [5, 5.41) is 2.56. The van der Waals surface area contributed by atoms with Crippen molar-refractivity contribution in [3.8, 4) is 0 Å². The molecule has 0 radical (unpaired) electrons. The standard InChI is InChI=1S/C18H35NO4/c1-5-7-8-9-10-11-12-13-14-23-17(20)16(15(3)6-2)19-18(21)22-4/h15-16H,5-14H2,1-4H3,(H,19,21)/t15?,16-/m0/s1. The molecule has 0 aromatic rings. The second-order valence-electron chi connectivity index (χ2n) is 6.14. The number of carbonyl (C=O) groups excluding carboxylic acids is 2. The lowest BCUT2D eigenvalue weighted by Crippen LogP contribution is -2.46. The summed E-state index contributed by atoms with van der Waals surface area (Å²) in [7, 11) is 1.29. The lowest BCUT2D eigenvalue weighted by molar-refractivity contribution is -0.147. The second-order valence-corrected chi connectivity index (χ2v) is 6.14. The molecule has 5 heteroatoms. The third kappa shape index (κ3) is 11.0. The normalized spacial score (nSPS) is 13.2. The Labute approximate surface area is 141 Å². The van der Waals surface area contributed by atoms with Gasteiger partial charge in [0.25, 0.3) is 0 Å². The predicted molar refractivity (Wildman–Crippen MR) is 92.4 cm³/mol. The van der Waals surface area contributed by atoms with Crippen LogP contribution in [0.2, 0.25) is 0 Å². The number of unbranched alkanes of at least 4 members (excludes halogenated alkanes) is 7. The molecule has 0 aromatic carbocycles. The Balaban J connectivity index is 3.88. The molecule has 2 atom stereocenters. The van der Waals surface area contributed by atoms with E-state index >= 15 is 0 Å². The van der Waals surface area contributed by atoms with Gasteiger partial charge in [0.2, 0.25) is 0 Å². The Morgan fingerprint density at radius 3 is 2.04 bits per heavy atom. The van der Waals surface area contributed by atoms with E-state index in [0.29, 0.717) is 6.61 Å². The number of nitrogens with one attached hydrogen (secondary N) is 1. The summed E-state index contributed by atoms with van der Waals surface area (Å²) in [5.74, 6) is -0.354. The van der Waals surface area contributed by atoms with Crippen molar-refractivity contribution in [2.75, 3.05) is 13.7 Å². The first-order valence-corrected chi connectivity index (χ1v) is 9.07. The van der Waals surface area contributed by atoms with Crippen LogP contribution in [0.15, 0.2) is 0 Å². The monoisotopic (exact) mass is 329 g/mol. The van der Waals surface area contributed by atoms with E-state index in [1.807, 2.05) is 13.8 Å². The fourth-order valence-corrected chi connectivity index (χ4v) is 2.35. The molecule has 1 amide bonds. The van der Waals surface area contributed by atoms with Crippen LogP contribution < -0.4 is 5.32 Å². The van der Waals surface area contributed by atoms with Crippen LogP contribution in [0.5, 0.6) is 0 Å². The van der Waals surface area contributed by atoms with E-state index in [0.717, 1.165) is 19.3 Å². The molecule has 0 saturated heterocycles. The van der Waals surface area contributed by atoms with Crippen LogP contribution in [0.25, 0.3) is 0 Å². The molecule has 0 aliphatic heterocycles. The van der Waals surface area contributed by atoms with Gasteiger partial charge in [-0.2, -0.15) is 0 Å². The number of carbonyl (C=O) groups is 2. The van der Waals surface area contributed by atoms with Gasteiger partial charge in [-0.05, 0) is 12.3 Å². The number of hydrogen-bond donors (Lipinski definition) is 1. The highest BCUT2D eigenvalue weighted by molar-refractivity contribution is 5.81. The molecule has 0 heterocycles. The Morgan fingerprint density at radius 1 is 0.957 bits per heavy atom. The first kappa shape index (κ1) is 21.7. The number of esters is 1. The van der Waals surface area contributed by atoms with Gasteiger partial charge in [-0.3, -0.25) is 0 Å². The molecule has 0 spiro atoms. The Bertz CT molecular complexity index is 320. The fourth-order valence-electron chi connectivity index (χ4n) is 2.35. The first-order valence-electron chi connectivity index (χ1n) is 9.07. The van der Waals surface area contributed by atoms with Crippen LogP contribution >= 0.6 is 0 Å². The van der Waals surface area contributed by atoms with Gasteiger partial charge in [-0.25, -0.2) is 9.59 Å². The van der Waals surface area contributed by atoms with E-state index in [-0.39, 0.29) is 11.9 Å². The van der Waals surface area contributed by atoms with Gasteiger partial charge >= 0.3 is 12.1 Å². The molecule has 0 aromatic heterocycles. The largest absolute Gasteiger partial charge is 0.464 e. The Kier molecular flexibility index (Phi) is 13.6. The second kappa shape index (κ2) is 14.3. The highest BCUT2D eigenvalue weighted by atomic mass is 16.5. The van der Waals surface area contributed by atoms with Crippen LogP contribution in [0, 0.1) is 5.92 Å². The number of ether oxygens (including phenoxy) is 2. The molecule has 0 saturated carbocycles. The van der Waals surface area contributed by atoms with E-state index in [1.54, 1.807) is 0 Å². The number of methoxy groups -OCH3 is 1. The molecular weight excluding hydrogens is 294 g/mol. The van der Waals surface area contributed by atoms with Gasteiger partial charge in [-0.1, -0.05) is 72.1 Å². The molecule has 0 aliphatic carbocycles. The molecule has 5 nitrogen and oxygen atoms in total. The maximum atomic E-state index is 12.1. The minimum atomic E-state index is -0.638. The van der Waals surface area contributed by atoms with E-state index in [4.69, 9.17) is 4.74 Å². The fraction of sp³-hybridized carbons (Fsp3) is 0.889. The molecule has 0 rings (SSSR count). The zero-order chi connectivity index (χ0) is 17.5. The zero-order valence-corrected chi connectivity index (χ0v) is 15.4. The van der Waals surface area contributed by atoms with Crippen molar-refractivity contribution in [1.82, 2.24) is 5.32 Å². The Morgan fingerprint density at radius 2 is 1.52 bits per heavy atom. The first-order chi connectivity index (χ1) is 11.1. The summed E-state index contributed by atoms with van der Waals surface area (Å²) in [5.41, 5.74) is 0. The van der Waals surface area contributed by atoms with Crippen LogP contribution in [0.3, 0.4) is 0 Å². The van der Waals surface area contributed by atoms with Crippen LogP contribution in [0.1, 0.15) is 78.6 Å². The van der Waals surface area contributed by atoms with Crippen molar-refractivity contribution in [1.29, 1.82) is 0 Å². The number of rotatable bonds is 13. The van der Waals surface area contributed by atoms with E-state index < -0.39 is 12.1 Å². The van der Waals surface area contributed by atoms with Crippen molar-refractivity contribution in [2.45, 2.75) is 84.6 Å². The van der Waals surface area contributed by atoms with Gasteiger partial charge in [0, 0.05) is 0 Å². The summed E-state index contributed by atoms with van der Waals surface area (Å²) in [6.07, 6.45) is 9.80. The van der Waals surface area contributed by atoms with Gasteiger partial charge in [0.15, 0.2) is 0 Å². The van der Waals surface area contributed by atoms with Crippen molar-refractivity contribution in [3.63, 3.8) is 0 Å². The zero-order valence-electron chi connectivity index (χ0n) is 15.4. The topological polar surface area (TPSA) is 64.6 Å². The van der Waals surface area contributed by atoms with Gasteiger partial charge < -0.3 is 14.8 Å². The van der Waals surface area contributed by atoms with E-state index in [9.17, 15) is 9.59 Å². The number of alkyl carbamates (subject to hydrolysis) is 1. The van der Waals surface area contributed by atoms with Crippen molar-refractivity contribution >= 4 is 12.1 Å². The SMILES string of the molecule is CCCCCCCCCCOC(=O)[C@@H](NC(=O)OC)C(C)CC. The third-order valence-corrected chi connectivity index (χ3v) is 4.17. The molecule has 23 heavy (non-hydrogen) atoms. The van der Waals surface area contributed by atoms with Crippen molar-refractivity contribution < 1.29 is 19.1 Å². The third-order valence-electron chi connectivity index (χ3n) is 4.17. The van der Waals surface area contributed by atoms with Crippen molar-refractivity contribution in [3.05, 3.63) is 0 Å². The molecule has 1 N–H and O–H groups in total. The number of hydrogen-bond acceptors (Lipinski definition) is 4. The summed E-state index contributed by atoms with van der Waals surface area (Å²) >= 11 is 0. The molecule has 0 bridgehead atoms. The summed E-state index contributed by atoms with van der Waals surface area (Å²) in [6, 6.07) is -0.638.